The van der Waals surface area contributed by atoms with Crippen LogP contribution in [0.5, 0.6) is 0 Å². The zero-order valence-electron chi connectivity index (χ0n) is 19.9. The smallest absolute Gasteiger partial charge is 0.206 e. The number of unbranched alkanes of at least 4 members (excludes halogenated alkanes) is 1. The molecule has 0 N–H and O–H groups in total. The van der Waals surface area contributed by atoms with Crippen LogP contribution in [0, 0.1) is 29.4 Å². The van der Waals surface area contributed by atoms with Gasteiger partial charge < -0.3 is 0 Å². The molecule has 0 unspecified atom stereocenters. The third-order valence-corrected chi connectivity index (χ3v) is 8.00. The van der Waals surface area contributed by atoms with Gasteiger partial charge in [0.25, 0.3) is 0 Å². The Labute approximate surface area is 196 Å². The van der Waals surface area contributed by atoms with Crippen LogP contribution >= 0.6 is 0 Å². The van der Waals surface area contributed by atoms with Gasteiger partial charge in [0.05, 0.1) is 0 Å². The quantitative estimate of drug-likeness (QED) is 0.191. The fourth-order valence-electron chi connectivity index (χ4n) is 5.97. The van der Waals surface area contributed by atoms with Gasteiger partial charge in [-0.25, -0.2) is 8.78 Å². The highest BCUT2D eigenvalue weighted by atomic mass is 19.4. The van der Waals surface area contributed by atoms with Crippen LogP contribution in [0.25, 0.3) is 0 Å². The second-order valence-electron chi connectivity index (χ2n) is 10.3. The third-order valence-electron chi connectivity index (χ3n) is 8.00. The minimum absolute atomic E-state index is 0.0462. The number of benzene rings is 1. The second-order valence-corrected chi connectivity index (χ2v) is 10.3. The molecule has 0 radical (unpaired) electrons. The van der Waals surface area contributed by atoms with E-state index < -0.39 is 23.4 Å². The summed E-state index contributed by atoms with van der Waals surface area (Å²) in [6.07, 6.45) is 16.0. The van der Waals surface area contributed by atoms with Gasteiger partial charge in [0.15, 0.2) is 0 Å². The van der Waals surface area contributed by atoms with Crippen LogP contribution in [0.15, 0.2) is 24.3 Å². The minimum atomic E-state index is -5.00. The lowest BCUT2D eigenvalue weighted by atomic mass is 9.74. The summed E-state index contributed by atoms with van der Waals surface area (Å²) in [5.41, 5.74) is -1.40. The number of hydrogen-bond donors (Lipinski definition) is 0. The van der Waals surface area contributed by atoms with Crippen molar-refractivity contribution >= 4 is 0 Å². The lowest BCUT2D eigenvalue weighted by Gasteiger charge is -2.32. The normalized spacial score (nSPS) is 26.7. The molecule has 0 aromatic heterocycles. The zero-order valence-corrected chi connectivity index (χ0v) is 19.9. The summed E-state index contributed by atoms with van der Waals surface area (Å²) in [5, 5.41) is 0. The standard InChI is InChI=1S/C28H39F5/c1-2-3-4-5-6-7-20-8-10-21(11-9-20)12-13-22-14-16-23(17-15-22)24-18-25(29)27(26(30)19-24)28(31,32)33/h3-4,18-23H,2,5-17H2,1H3/b4-3+. The number of allylic oxidation sites excluding steroid dienone is 2. The monoisotopic (exact) mass is 470 g/mol. The van der Waals surface area contributed by atoms with Gasteiger partial charge >= 0.3 is 6.18 Å². The topological polar surface area (TPSA) is 0 Å². The molecule has 1 aromatic carbocycles. The fraction of sp³-hybridized carbons (Fsp3) is 0.714. The highest BCUT2D eigenvalue weighted by Crippen LogP contribution is 2.42. The summed E-state index contributed by atoms with van der Waals surface area (Å²) >= 11 is 0. The Hall–Kier alpha value is -1.39. The minimum Gasteiger partial charge on any atom is -0.206 e. The Morgan fingerprint density at radius 3 is 1.73 bits per heavy atom. The number of rotatable bonds is 9. The van der Waals surface area contributed by atoms with Crippen LogP contribution in [0.2, 0.25) is 0 Å². The molecular formula is C28H39F5. The van der Waals surface area contributed by atoms with Crippen molar-refractivity contribution in [2.45, 2.75) is 109 Å². The Morgan fingerprint density at radius 2 is 1.24 bits per heavy atom. The van der Waals surface area contributed by atoms with Crippen molar-refractivity contribution < 1.29 is 22.0 Å². The zero-order chi connectivity index (χ0) is 23.8. The van der Waals surface area contributed by atoms with E-state index in [-0.39, 0.29) is 5.92 Å². The van der Waals surface area contributed by atoms with E-state index in [1.807, 2.05) is 0 Å². The molecule has 2 aliphatic carbocycles. The van der Waals surface area contributed by atoms with Crippen LogP contribution in [-0.4, -0.2) is 0 Å². The third kappa shape index (κ3) is 7.82. The van der Waals surface area contributed by atoms with Gasteiger partial charge in [-0.1, -0.05) is 64.0 Å². The highest BCUT2D eigenvalue weighted by molar-refractivity contribution is 5.30. The van der Waals surface area contributed by atoms with E-state index >= 15 is 0 Å². The summed E-state index contributed by atoms with van der Waals surface area (Å²) in [5.74, 6) is -0.669. The Kier molecular flexibility index (Phi) is 9.81. The number of alkyl halides is 3. The predicted octanol–water partition coefficient (Wildman–Crippen LogP) is 9.98. The molecule has 0 heterocycles. The van der Waals surface area contributed by atoms with Crippen molar-refractivity contribution in [2.75, 3.05) is 0 Å². The summed E-state index contributed by atoms with van der Waals surface area (Å²) in [6, 6.07) is 1.80. The molecule has 1 aromatic rings. The SMILES string of the molecule is CC/C=C/CCCC1CCC(CCC2CCC(c3cc(F)c(C(F)(F)F)c(F)c3)CC2)CC1. The maximum atomic E-state index is 13.9. The summed E-state index contributed by atoms with van der Waals surface area (Å²) in [7, 11) is 0. The molecule has 2 aliphatic rings. The van der Waals surface area contributed by atoms with E-state index in [4.69, 9.17) is 0 Å². The molecule has 186 valence electrons. The molecule has 0 aliphatic heterocycles. The second kappa shape index (κ2) is 12.4. The van der Waals surface area contributed by atoms with Crippen molar-refractivity contribution in [3.8, 4) is 0 Å². The Morgan fingerprint density at radius 1 is 0.758 bits per heavy atom. The van der Waals surface area contributed by atoms with E-state index in [0.29, 0.717) is 11.5 Å². The highest BCUT2D eigenvalue weighted by Gasteiger charge is 2.38. The Balaban J connectivity index is 1.36. The van der Waals surface area contributed by atoms with Crippen molar-refractivity contribution in [1.82, 2.24) is 0 Å². The van der Waals surface area contributed by atoms with Crippen molar-refractivity contribution in [3.05, 3.63) is 47.0 Å². The molecule has 0 amide bonds. The first-order valence-electron chi connectivity index (χ1n) is 13.0. The van der Waals surface area contributed by atoms with Gasteiger partial charge in [0.1, 0.15) is 17.2 Å². The van der Waals surface area contributed by atoms with Crippen molar-refractivity contribution in [1.29, 1.82) is 0 Å². The molecule has 0 bridgehead atoms. The summed E-state index contributed by atoms with van der Waals surface area (Å²) in [6.45, 7) is 2.17. The van der Waals surface area contributed by atoms with Crippen molar-refractivity contribution in [2.24, 2.45) is 17.8 Å². The molecule has 0 atom stereocenters. The fourth-order valence-corrected chi connectivity index (χ4v) is 5.97. The lowest BCUT2D eigenvalue weighted by molar-refractivity contribution is -0.142. The van der Waals surface area contributed by atoms with Gasteiger partial charge in [-0.05, 0) is 86.3 Å². The molecule has 0 spiro atoms. The largest absolute Gasteiger partial charge is 0.422 e. The van der Waals surface area contributed by atoms with Crippen LogP contribution in [0.1, 0.15) is 114 Å². The van der Waals surface area contributed by atoms with E-state index in [2.05, 4.69) is 19.1 Å². The molecule has 2 saturated carbocycles. The molecular weight excluding hydrogens is 431 g/mol. The van der Waals surface area contributed by atoms with Gasteiger partial charge in [-0.15, -0.1) is 0 Å². The lowest BCUT2D eigenvalue weighted by Crippen LogP contribution is -2.18. The van der Waals surface area contributed by atoms with Crippen LogP contribution < -0.4 is 0 Å². The van der Waals surface area contributed by atoms with Crippen LogP contribution in [-0.2, 0) is 6.18 Å². The maximum absolute atomic E-state index is 13.9. The first-order chi connectivity index (χ1) is 15.8. The predicted molar refractivity (Wildman–Crippen MR) is 124 cm³/mol. The summed E-state index contributed by atoms with van der Waals surface area (Å²) < 4.78 is 66.3. The van der Waals surface area contributed by atoms with Gasteiger partial charge in [0.2, 0.25) is 0 Å². The molecule has 5 heteroatoms. The van der Waals surface area contributed by atoms with E-state index in [0.717, 1.165) is 56.1 Å². The molecule has 33 heavy (non-hydrogen) atoms. The van der Waals surface area contributed by atoms with Crippen molar-refractivity contribution in [3.63, 3.8) is 0 Å². The van der Waals surface area contributed by atoms with Gasteiger partial charge in [0, 0.05) is 0 Å². The van der Waals surface area contributed by atoms with Crippen LogP contribution in [0.4, 0.5) is 22.0 Å². The Bertz CT molecular complexity index is 727. The van der Waals surface area contributed by atoms with E-state index in [9.17, 15) is 22.0 Å². The summed E-state index contributed by atoms with van der Waals surface area (Å²) in [4.78, 5) is 0. The molecule has 0 nitrogen and oxygen atoms in total. The average molecular weight is 471 g/mol. The number of hydrogen-bond acceptors (Lipinski definition) is 0. The average Bonchev–Trinajstić information content (AvgIpc) is 2.77. The maximum Gasteiger partial charge on any atom is 0.422 e. The van der Waals surface area contributed by atoms with Gasteiger partial charge in [-0.3, -0.25) is 0 Å². The first-order valence-corrected chi connectivity index (χ1v) is 13.0. The van der Waals surface area contributed by atoms with E-state index in [1.54, 1.807) is 0 Å². The van der Waals surface area contributed by atoms with Crippen LogP contribution in [0.3, 0.4) is 0 Å². The first kappa shape index (κ1) is 26.2. The molecule has 0 saturated heterocycles. The molecule has 3 rings (SSSR count). The molecule has 2 fully saturated rings. The number of halogens is 5. The van der Waals surface area contributed by atoms with Gasteiger partial charge in [-0.2, -0.15) is 13.2 Å². The van der Waals surface area contributed by atoms with E-state index in [1.165, 1.54) is 57.8 Å².